The number of thioether (sulfide) groups is 1. The Kier molecular flexibility index (Phi) is 2.78. The van der Waals surface area contributed by atoms with E-state index in [9.17, 15) is 0 Å². The second-order valence-corrected chi connectivity index (χ2v) is 5.30. The lowest BCUT2D eigenvalue weighted by molar-refractivity contribution is 0.348. The van der Waals surface area contributed by atoms with Gasteiger partial charge in [0, 0.05) is 5.25 Å². The van der Waals surface area contributed by atoms with E-state index in [1.165, 1.54) is 50.7 Å². The molecule has 0 N–H and O–H groups in total. The summed E-state index contributed by atoms with van der Waals surface area (Å²) >= 11 is 2.27. The molecule has 1 aliphatic carbocycles. The topological polar surface area (TPSA) is 0 Å². The van der Waals surface area contributed by atoms with Crippen LogP contribution in [0.25, 0.3) is 0 Å². The van der Waals surface area contributed by atoms with Gasteiger partial charge in [-0.1, -0.05) is 19.3 Å². The van der Waals surface area contributed by atoms with Crippen molar-refractivity contribution in [2.24, 2.45) is 5.92 Å². The van der Waals surface area contributed by atoms with Gasteiger partial charge in [-0.15, -0.1) is 0 Å². The van der Waals surface area contributed by atoms with Crippen LogP contribution >= 0.6 is 11.8 Å². The fourth-order valence-electron chi connectivity index (χ4n) is 2.47. The zero-order valence-corrected chi connectivity index (χ0v) is 8.04. The zero-order chi connectivity index (χ0) is 7.52. The lowest BCUT2D eigenvalue weighted by atomic mass is 9.85. The van der Waals surface area contributed by atoms with Crippen LogP contribution in [-0.2, 0) is 0 Å². The van der Waals surface area contributed by atoms with Gasteiger partial charge in [-0.3, -0.25) is 0 Å². The standard InChI is InChI=1S/C10H18S/c1-2-7-10-9(5-1)6-3-4-8-11-10/h9-10H,1-8H2. The maximum Gasteiger partial charge on any atom is 0.00753 e. The summed E-state index contributed by atoms with van der Waals surface area (Å²) in [5.41, 5.74) is 0. The molecule has 1 heteroatoms. The molecule has 2 unspecified atom stereocenters. The van der Waals surface area contributed by atoms with Gasteiger partial charge in [0.1, 0.15) is 0 Å². The fraction of sp³-hybridized carbons (Fsp3) is 1.00. The van der Waals surface area contributed by atoms with Crippen LogP contribution in [0.15, 0.2) is 0 Å². The average molecular weight is 170 g/mol. The van der Waals surface area contributed by atoms with E-state index in [0.29, 0.717) is 0 Å². The number of fused-ring (bicyclic) bond motifs is 1. The monoisotopic (exact) mass is 170 g/mol. The van der Waals surface area contributed by atoms with Gasteiger partial charge >= 0.3 is 0 Å². The fourth-order valence-corrected chi connectivity index (χ4v) is 4.02. The van der Waals surface area contributed by atoms with Gasteiger partial charge in [-0.25, -0.2) is 0 Å². The summed E-state index contributed by atoms with van der Waals surface area (Å²) in [7, 11) is 0. The Morgan fingerprint density at radius 3 is 2.45 bits per heavy atom. The second-order valence-electron chi connectivity index (χ2n) is 3.95. The minimum atomic E-state index is 1.06. The highest BCUT2D eigenvalue weighted by molar-refractivity contribution is 7.99. The van der Waals surface area contributed by atoms with Gasteiger partial charge in [0.05, 0.1) is 0 Å². The first-order valence-electron chi connectivity index (χ1n) is 5.08. The summed E-state index contributed by atoms with van der Waals surface area (Å²) in [6.07, 6.45) is 10.6. The first-order chi connectivity index (χ1) is 5.47. The molecule has 0 aromatic heterocycles. The maximum absolute atomic E-state index is 2.27. The molecule has 0 aromatic rings. The first-order valence-corrected chi connectivity index (χ1v) is 6.13. The Balaban J connectivity index is 1.93. The van der Waals surface area contributed by atoms with Gasteiger partial charge in [0.2, 0.25) is 0 Å². The molecule has 2 atom stereocenters. The normalized spacial score (nSPS) is 39.3. The van der Waals surface area contributed by atoms with Crippen LogP contribution in [-0.4, -0.2) is 11.0 Å². The van der Waals surface area contributed by atoms with E-state index in [2.05, 4.69) is 11.8 Å². The molecule has 1 heterocycles. The summed E-state index contributed by atoms with van der Waals surface area (Å²) in [5, 5.41) is 1.06. The quantitative estimate of drug-likeness (QED) is 0.536. The molecule has 11 heavy (non-hydrogen) atoms. The minimum absolute atomic E-state index is 1.06. The van der Waals surface area contributed by atoms with Gasteiger partial charge in [0.15, 0.2) is 0 Å². The van der Waals surface area contributed by atoms with E-state index in [0.717, 1.165) is 11.2 Å². The highest BCUT2D eigenvalue weighted by Gasteiger charge is 2.26. The molecule has 1 aliphatic heterocycles. The van der Waals surface area contributed by atoms with Crippen molar-refractivity contribution in [3.05, 3.63) is 0 Å². The molecule has 0 bridgehead atoms. The lowest BCUT2D eigenvalue weighted by Crippen LogP contribution is -2.20. The SMILES string of the molecule is C1CCC2CCCCC2SC1. The van der Waals surface area contributed by atoms with E-state index in [1.807, 2.05) is 0 Å². The van der Waals surface area contributed by atoms with Crippen molar-refractivity contribution in [3.63, 3.8) is 0 Å². The Morgan fingerprint density at radius 2 is 1.55 bits per heavy atom. The molecule has 2 rings (SSSR count). The van der Waals surface area contributed by atoms with Crippen molar-refractivity contribution >= 4 is 11.8 Å². The number of hydrogen-bond donors (Lipinski definition) is 0. The Labute approximate surface area is 74.1 Å². The van der Waals surface area contributed by atoms with Crippen molar-refractivity contribution in [2.75, 3.05) is 5.75 Å². The molecule has 64 valence electrons. The molecule has 1 saturated heterocycles. The molecular weight excluding hydrogens is 152 g/mol. The van der Waals surface area contributed by atoms with E-state index < -0.39 is 0 Å². The Bertz CT molecular complexity index is 108. The predicted octanol–water partition coefficient (Wildman–Crippen LogP) is 3.46. The third-order valence-electron chi connectivity index (χ3n) is 3.14. The van der Waals surface area contributed by atoms with Crippen LogP contribution in [0, 0.1) is 5.92 Å². The molecule has 2 aliphatic rings. The van der Waals surface area contributed by atoms with Crippen LogP contribution in [0.2, 0.25) is 0 Å². The minimum Gasteiger partial charge on any atom is -0.158 e. The Hall–Kier alpha value is 0.350. The molecule has 2 fully saturated rings. The van der Waals surface area contributed by atoms with Gasteiger partial charge in [0.25, 0.3) is 0 Å². The smallest absolute Gasteiger partial charge is 0.00753 e. The number of hydrogen-bond acceptors (Lipinski definition) is 1. The van der Waals surface area contributed by atoms with Gasteiger partial charge in [-0.05, 0) is 37.4 Å². The highest BCUT2D eigenvalue weighted by Crippen LogP contribution is 2.38. The van der Waals surface area contributed by atoms with Crippen LogP contribution in [0.1, 0.15) is 44.9 Å². The summed E-state index contributed by atoms with van der Waals surface area (Å²) in [6.45, 7) is 0. The third-order valence-corrected chi connectivity index (χ3v) is 4.71. The molecule has 0 nitrogen and oxygen atoms in total. The van der Waals surface area contributed by atoms with E-state index in [1.54, 1.807) is 0 Å². The largest absolute Gasteiger partial charge is 0.158 e. The predicted molar refractivity (Wildman–Crippen MR) is 52.1 cm³/mol. The van der Waals surface area contributed by atoms with Crippen LogP contribution in [0.4, 0.5) is 0 Å². The molecule has 0 spiro atoms. The number of rotatable bonds is 0. The molecule has 0 radical (unpaired) electrons. The van der Waals surface area contributed by atoms with Crippen molar-refractivity contribution in [2.45, 2.75) is 50.2 Å². The Morgan fingerprint density at radius 1 is 0.818 bits per heavy atom. The highest BCUT2D eigenvalue weighted by atomic mass is 32.2. The molecule has 1 saturated carbocycles. The summed E-state index contributed by atoms with van der Waals surface area (Å²) in [6, 6.07) is 0. The average Bonchev–Trinajstić information content (AvgIpc) is 2.28. The third kappa shape index (κ3) is 1.93. The zero-order valence-electron chi connectivity index (χ0n) is 7.22. The first kappa shape index (κ1) is 7.97. The summed E-state index contributed by atoms with van der Waals surface area (Å²) in [4.78, 5) is 0. The van der Waals surface area contributed by atoms with E-state index in [-0.39, 0.29) is 0 Å². The summed E-state index contributed by atoms with van der Waals surface area (Å²) in [5.74, 6) is 2.55. The van der Waals surface area contributed by atoms with Crippen molar-refractivity contribution < 1.29 is 0 Å². The molecule has 0 amide bonds. The van der Waals surface area contributed by atoms with Crippen LogP contribution in [0.3, 0.4) is 0 Å². The summed E-state index contributed by atoms with van der Waals surface area (Å²) < 4.78 is 0. The van der Waals surface area contributed by atoms with Crippen molar-refractivity contribution in [1.29, 1.82) is 0 Å². The maximum atomic E-state index is 2.27. The molecular formula is C10H18S. The second kappa shape index (κ2) is 3.84. The van der Waals surface area contributed by atoms with E-state index >= 15 is 0 Å². The van der Waals surface area contributed by atoms with Crippen LogP contribution < -0.4 is 0 Å². The van der Waals surface area contributed by atoms with Crippen molar-refractivity contribution in [1.82, 2.24) is 0 Å². The van der Waals surface area contributed by atoms with E-state index in [4.69, 9.17) is 0 Å². The van der Waals surface area contributed by atoms with Crippen LogP contribution in [0.5, 0.6) is 0 Å². The van der Waals surface area contributed by atoms with Gasteiger partial charge in [-0.2, -0.15) is 11.8 Å². The van der Waals surface area contributed by atoms with Gasteiger partial charge < -0.3 is 0 Å². The lowest BCUT2D eigenvalue weighted by Gasteiger charge is -2.28. The molecule has 0 aromatic carbocycles. The van der Waals surface area contributed by atoms with Crippen molar-refractivity contribution in [3.8, 4) is 0 Å².